The average Bonchev–Trinajstić information content (AvgIpc) is 2.26. The number of rotatable bonds is 4. The van der Waals surface area contributed by atoms with Crippen LogP contribution >= 0.6 is 0 Å². The third kappa shape index (κ3) is 10.0. The maximum atomic E-state index is 10.9. The zero-order valence-corrected chi connectivity index (χ0v) is 9.18. The van der Waals surface area contributed by atoms with Crippen molar-refractivity contribution in [1.82, 2.24) is 0 Å². The summed E-state index contributed by atoms with van der Waals surface area (Å²) in [6.07, 6.45) is 5.57. The Balaban J connectivity index is 3.75. The molecule has 1 heteroatoms. The van der Waals surface area contributed by atoms with Crippen molar-refractivity contribution < 1.29 is 4.79 Å². The Kier molecular flexibility index (Phi) is 8.88. The van der Waals surface area contributed by atoms with Crippen molar-refractivity contribution in [2.24, 2.45) is 0 Å². The summed E-state index contributed by atoms with van der Waals surface area (Å²) in [5, 5.41) is 0. The molecule has 0 aliphatic carbocycles. The molecular formula is C14H14O. The SMILES string of the molecule is CC#CC#CC#C/C=C/CCC(=O)CC. The lowest BCUT2D eigenvalue weighted by Crippen LogP contribution is -1.92. The predicted octanol–water partition coefficient (Wildman–Crippen LogP) is 2.33. The molecule has 0 fully saturated rings. The second kappa shape index (κ2) is 10.2. The molecule has 15 heavy (non-hydrogen) atoms. The number of hydrogen-bond acceptors (Lipinski definition) is 1. The molecule has 0 amide bonds. The molecule has 0 aromatic heterocycles. The van der Waals surface area contributed by atoms with Crippen molar-refractivity contribution in [1.29, 1.82) is 0 Å². The Morgan fingerprint density at radius 3 is 2.60 bits per heavy atom. The first-order chi connectivity index (χ1) is 7.31. The highest BCUT2D eigenvalue weighted by molar-refractivity contribution is 5.78. The van der Waals surface area contributed by atoms with Gasteiger partial charge in [-0.2, -0.15) is 0 Å². The van der Waals surface area contributed by atoms with Gasteiger partial charge in [0.15, 0.2) is 0 Å². The summed E-state index contributed by atoms with van der Waals surface area (Å²) in [5.41, 5.74) is 0. The van der Waals surface area contributed by atoms with Crippen molar-refractivity contribution in [3.8, 4) is 35.5 Å². The summed E-state index contributed by atoms with van der Waals surface area (Å²) in [4.78, 5) is 10.9. The molecule has 0 saturated carbocycles. The summed E-state index contributed by atoms with van der Waals surface area (Å²) >= 11 is 0. The van der Waals surface area contributed by atoms with Gasteiger partial charge >= 0.3 is 0 Å². The van der Waals surface area contributed by atoms with E-state index in [1.807, 2.05) is 13.0 Å². The van der Waals surface area contributed by atoms with Gasteiger partial charge in [0.05, 0.1) is 0 Å². The predicted molar refractivity (Wildman–Crippen MR) is 62.7 cm³/mol. The van der Waals surface area contributed by atoms with E-state index in [4.69, 9.17) is 0 Å². The molecule has 1 nitrogen and oxygen atoms in total. The monoisotopic (exact) mass is 198 g/mol. The van der Waals surface area contributed by atoms with Crippen LogP contribution in [0.25, 0.3) is 0 Å². The minimum absolute atomic E-state index is 0.283. The Hall–Kier alpha value is -1.91. The summed E-state index contributed by atoms with van der Waals surface area (Å²) in [6, 6.07) is 0. The number of hydrogen-bond donors (Lipinski definition) is 0. The van der Waals surface area contributed by atoms with Crippen molar-refractivity contribution >= 4 is 5.78 Å². The van der Waals surface area contributed by atoms with Crippen LogP contribution in [0.3, 0.4) is 0 Å². The minimum atomic E-state index is 0.283. The molecule has 0 radical (unpaired) electrons. The van der Waals surface area contributed by atoms with E-state index in [0.29, 0.717) is 12.8 Å². The van der Waals surface area contributed by atoms with Gasteiger partial charge in [-0.25, -0.2) is 0 Å². The largest absolute Gasteiger partial charge is 0.300 e. The molecule has 0 atom stereocenters. The molecule has 0 N–H and O–H groups in total. The zero-order chi connectivity index (χ0) is 11.4. The van der Waals surface area contributed by atoms with Crippen molar-refractivity contribution in [2.75, 3.05) is 0 Å². The number of allylic oxidation sites excluding steroid dienone is 2. The molecule has 0 saturated heterocycles. The molecule has 0 spiro atoms. The lowest BCUT2D eigenvalue weighted by atomic mass is 10.2. The van der Waals surface area contributed by atoms with E-state index in [2.05, 4.69) is 35.5 Å². The summed E-state index contributed by atoms with van der Waals surface area (Å²) in [7, 11) is 0. The zero-order valence-electron chi connectivity index (χ0n) is 9.18. The molecule has 0 heterocycles. The minimum Gasteiger partial charge on any atom is -0.300 e. The average molecular weight is 198 g/mol. The molecule has 0 aromatic rings. The number of carbonyl (C=O) groups is 1. The van der Waals surface area contributed by atoms with Crippen molar-refractivity contribution in [3.05, 3.63) is 12.2 Å². The van der Waals surface area contributed by atoms with Crippen molar-refractivity contribution in [2.45, 2.75) is 33.1 Å². The van der Waals surface area contributed by atoms with E-state index in [-0.39, 0.29) is 5.78 Å². The van der Waals surface area contributed by atoms with E-state index in [1.54, 1.807) is 13.0 Å². The van der Waals surface area contributed by atoms with E-state index in [0.717, 1.165) is 6.42 Å². The van der Waals surface area contributed by atoms with Gasteiger partial charge in [-0.05, 0) is 43.1 Å². The highest BCUT2D eigenvalue weighted by Crippen LogP contribution is 1.94. The first-order valence-electron chi connectivity index (χ1n) is 4.90. The van der Waals surface area contributed by atoms with E-state index >= 15 is 0 Å². The highest BCUT2D eigenvalue weighted by atomic mass is 16.1. The number of Topliss-reactive ketones (excluding diaryl/α,β-unsaturated/α-hetero) is 1. The van der Waals surface area contributed by atoms with Crippen LogP contribution in [0.2, 0.25) is 0 Å². The fourth-order valence-electron chi connectivity index (χ4n) is 0.766. The highest BCUT2D eigenvalue weighted by Gasteiger charge is 1.93. The molecule has 0 aromatic carbocycles. The van der Waals surface area contributed by atoms with E-state index in [9.17, 15) is 4.79 Å². The maximum absolute atomic E-state index is 10.9. The van der Waals surface area contributed by atoms with Gasteiger partial charge < -0.3 is 0 Å². The summed E-state index contributed by atoms with van der Waals surface area (Å²) < 4.78 is 0. The lowest BCUT2D eigenvalue weighted by molar-refractivity contribution is -0.118. The van der Waals surface area contributed by atoms with Crippen LogP contribution in [0.5, 0.6) is 0 Å². The molecule has 0 rings (SSSR count). The fraction of sp³-hybridized carbons (Fsp3) is 0.357. The molecule has 76 valence electrons. The second-order valence-electron chi connectivity index (χ2n) is 2.73. The molecular weight excluding hydrogens is 184 g/mol. The van der Waals surface area contributed by atoms with Crippen LogP contribution in [-0.2, 0) is 4.79 Å². The standard InChI is InChI=1S/C14H14O/c1-3-5-6-7-8-9-10-11-12-13-14(15)4-2/h10-11H,4,12-13H2,1-2H3/b11-10+. The Labute approximate surface area is 92.0 Å². The third-order valence-electron chi connectivity index (χ3n) is 1.57. The first kappa shape index (κ1) is 13.1. The Morgan fingerprint density at radius 2 is 1.93 bits per heavy atom. The van der Waals surface area contributed by atoms with E-state index < -0.39 is 0 Å². The van der Waals surface area contributed by atoms with Gasteiger partial charge in [0.2, 0.25) is 0 Å². The topological polar surface area (TPSA) is 17.1 Å². The van der Waals surface area contributed by atoms with Gasteiger partial charge in [-0.15, -0.1) is 0 Å². The van der Waals surface area contributed by atoms with Gasteiger partial charge in [0.25, 0.3) is 0 Å². The van der Waals surface area contributed by atoms with Crippen LogP contribution < -0.4 is 0 Å². The molecule has 0 unspecified atom stereocenters. The van der Waals surface area contributed by atoms with Crippen molar-refractivity contribution in [3.63, 3.8) is 0 Å². The second-order valence-corrected chi connectivity index (χ2v) is 2.73. The smallest absolute Gasteiger partial charge is 0.132 e. The van der Waals surface area contributed by atoms with E-state index in [1.165, 1.54) is 0 Å². The summed E-state index contributed by atoms with van der Waals surface area (Å²) in [6.45, 7) is 3.60. The maximum Gasteiger partial charge on any atom is 0.132 e. The van der Waals surface area contributed by atoms with Gasteiger partial charge in [0, 0.05) is 12.8 Å². The first-order valence-corrected chi connectivity index (χ1v) is 4.90. The van der Waals surface area contributed by atoms with Gasteiger partial charge in [0.1, 0.15) is 5.78 Å². The van der Waals surface area contributed by atoms with Crippen LogP contribution in [0.1, 0.15) is 33.1 Å². The van der Waals surface area contributed by atoms with Crippen LogP contribution in [-0.4, -0.2) is 5.78 Å². The Morgan fingerprint density at radius 1 is 1.20 bits per heavy atom. The molecule has 0 bridgehead atoms. The Bertz CT molecular complexity index is 394. The number of carbonyl (C=O) groups excluding carboxylic acids is 1. The fourth-order valence-corrected chi connectivity index (χ4v) is 0.766. The lowest BCUT2D eigenvalue weighted by Gasteiger charge is -1.89. The number of ketones is 1. The normalized spacial score (nSPS) is 7.87. The quantitative estimate of drug-likeness (QED) is 0.634. The van der Waals surface area contributed by atoms with Crippen LogP contribution in [0.4, 0.5) is 0 Å². The van der Waals surface area contributed by atoms with Crippen LogP contribution in [0, 0.1) is 35.5 Å². The molecule has 0 aliphatic rings. The van der Waals surface area contributed by atoms with Crippen LogP contribution in [0.15, 0.2) is 12.2 Å². The molecule has 0 aliphatic heterocycles. The van der Waals surface area contributed by atoms with Gasteiger partial charge in [-0.1, -0.05) is 24.8 Å². The third-order valence-corrected chi connectivity index (χ3v) is 1.57. The summed E-state index contributed by atoms with van der Waals surface area (Å²) in [5.74, 6) is 16.1. The van der Waals surface area contributed by atoms with Gasteiger partial charge in [-0.3, -0.25) is 4.79 Å².